The van der Waals surface area contributed by atoms with Gasteiger partial charge in [0.25, 0.3) is 5.91 Å². The van der Waals surface area contributed by atoms with Gasteiger partial charge in [0.15, 0.2) is 0 Å². The average Bonchev–Trinajstić information content (AvgIpc) is 3.17. The maximum atomic E-state index is 13.0. The molecule has 0 bridgehead atoms. The van der Waals surface area contributed by atoms with Crippen LogP contribution in [0.15, 0.2) is 41.8 Å². The van der Waals surface area contributed by atoms with Crippen LogP contribution < -0.4 is 5.32 Å². The molecule has 138 valence electrons. The summed E-state index contributed by atoms with van der Waals surface area (Å²) in [5, 5.41) is 5.00. The Morgan fingerprint density at radius 3 is 2.46 bits per heavy atom. The molecule has 1 aromatic carbocycles. The van der Waals surface area contributed by atoms with Crippen LogP contribution in [-0.4, -0.2) is 54.3 Å². The summed E-state index contributed by atoms with van der Waals surface area (Å²) in [6.45, 7) is 4.72. The molecular weight excluding hydrogens is 353 g/mol. The van der Waals surface area contributed by atoms with E-state index in [0.717, 1.165) is 4.88 Å². The Kier molecular flexibility index (Phi) is 6.00. The van der Waals surface area contributed by atoms with Crippen LogP contribution in [0.1, 0.15) is 28.2 Å². The lowest BCUT2D eigenvalue weighted by Gasteiger charge is -2.34. The summed E-state index contributed by atoms with van der Waals surface area (Å²) in [5.41, 5.74) is 0.488. The van der Waals surface area contributed by atoms with Crippen molar-refractivity contribution < 1.29 is 14.0 Å². The Morgan fingerprint density at radius 1 is 1.15 bits per heavy atom. The molecule has 0 spiro atoms. The molecule has 1 atom stereocenters. The van der Waals surface area contributed by atoms with Crippen LogP contribution >= 0.6 is 11.3 Å². The molecular formula is C19H22FN3O2S. The van der Waals surface area contributed by atoms with Gasteiger partial charge in [-0.1, -0.05) is 6.07 Å². The minimum atomic E-state index is -0.353. The van der Waals surface area contributed by atoms with E-state index in [0.29, 0.717) is 38.3 Å². The molecule has 7 heteroatoms. The molecule has 1 aromatic heterocycles. The van der Waals surface area contributed by atoms with E-state index in [1.54, 1.807) is 16.2 Å². The van der Waals surface area contributed by atoms with Crippen molar-refractivity contribution >= 4 is 23.2 Å². The van der Waals surface area contributed by atoms with Crippen LogP contribution in [0.25, 0.3) is 0 Å². The van der Waals surface area contributed by atoms with E-state index in [-0.39, 0.29) is 23.7 Å². The van der Waals surface area contributed by atoms with Crippen LogP contribution in [0, 0.1) is 5.82 Å². The minimum Gasteiger partial charge on any atom is -0.348 e. The van der Waals surface area contributed by atoms with E-state index < -0.39 is 0 Å². The number of rotatable bonds is 5. The summed E-state index contributed by atoms with van der Waals surface area (Å²) in [6, 6.07) is 9.58. The zero-order chi connectivity index (χ0) is 18.5. The standard InChI is InChI=1S/C19H22FN3O2S/c1-14(17-3-2-12-26-17)21-18(24)13-22-8-10-23(11-9-22)19(25)15-4-6-16(20)7-5-15/h2-7,12,14H,8-11,13H2,1H3,(H,21,24). The van der Waals surface area contributed by atoms with Gasteiger partial charge >= 0.3 is 0 Å². The molecule has 2 heterocycles. The van der Waals surface area contributed by atoms with Crippen molar-refractivity contribution in [2.24, 2.45) is 0 Å². The third-order valence-electron chi connectivity index (χ3n) is 4.47. The Balaban J connectivity index is 1.45. The number of hydrogen-bond acceptors (Lipinski definition) is 4. The van der Waals surface area contributed by atoms with Crippen molar-refractivity contribution in [3.8, 4) is 0 Å². The SMILES string of the molecule is CC(NC(=O)CN1CCN(C(=O)c2ccc(F)cc2)CC1)c1cccs1. The highest BCUT2D eigenvalue weighted by molar-refractivity contribution is 7.10. The number of piperazine rings is 1. The smallest absolute Gasteiger partial charge is 0.253 e. The van der Waals surface area contributed by atoms with Crippen molar-refractivity contribution in [2.45, 2.75) is 13.0 Å². The third-order valence-corrected chi connectivity index (χ3v) is 5.52. The summed E-state index contributed by atoms with van der Waals surface area (Å²) in [7, 11) is 0. The normalized spacial score (nSPS) is 16.3. The van der Waals surface area contributed by atoms with Gasteiger partial charge < -0.3 is 10.2 Å². The molecule has 1 fully saturated rings. The van der Waals surface area contributed by atoms with Crippen LogP contribution in [-0.2, 0) is 4.79 Å². The van der Waals surface area contributed by atoms with E-state index in [1.807, 2.05) is 29.3 Å². The van der Waals surface area contributed by atoms with Crippen molar-refractivity contribution in [3.63, 3.8) is 0 Å². The van der Waals surface area contributed by atoms with Gasteiger partial charge in [-0.25, -0.2) is 4.39 Å². The zero-order valence-electron chi connectivity index (χ0n) is 14.7. The largest absolute Gasteiger partial charge is 0.348 e. The minimum absolute atomic E-state index is 0.00356. The lowest BCUT2D eigenvalue weighted by molar-refractivity contribution is -0.123. The number of thiophene rings is 1. The van der Waals surface area contributed by atoms with E-state index in [1.165, 1.54) is 24.3 Å². The number of benzene rings is 1. The van der Waals surface area contributed by atoms with E-state index in [2.05, 4.69) is 5.32 Å². The first-order valence-corrected chi connectivity index (χ1v) is 9.51. The number of nitrogens with zero attached hydrogens (tertiary/aromatic N) is 2. The van der Waals surface area contributed by atoms with Crippen molar-refractivity contribution in [3.05, 3.63) is 58.0 Å². The number of nitrogens with one attached hydrogen (secondary N) is 1. The number of carbonyl (C=O) groups excluding carboxylic acids is 2. The molecule has 0 aliphatic carbocycles. The van der Waals surface area contributed by atoms with Gasteiger partial charge in [-0.2, -0.15) is 0 Å². The first kappa shape index (κ1) is 18.5. The second kappa shape index (κ2) is 8.42. The maximum Gasteiger partial charge on any atom is 0.253 e. The molecule has 1 saturated heterocycles. The molecule has 5 nitrogen and oxygen atoms in total. The highest BCUT2D eigenvalue weighted by Gasteiger charge is 2.23. The second-order valence-corrected chi connectivity index (χ2v) is 7.36. The van der Waals surface area contributed by atoms with Crippen molar-refractivity contribution in [2.75, 3.05) is 32.7 Å². The predicted octanol–water partition coefficient (Wildman–Crippen LogP) is 2.52. The summed E-state index contributed by atoms with van der Waals surface area (Å²) in [6.07, 6.45) is 0. The number of carbonyl (C=O) groups is 2. The Labute approximate surface area is 156 Å². The Morgan fingerprint density at radius 2 is 1.85 bits per heavy atom. The van der Waals surface area contributed by atoms with Gasteiger partial charge in [0, 0.05) is 36.6 Å². The zero-order valence-corrected chi connectivity index (χ0v) is 15.5. The summed E-state index contributed by atoms with van der Waals surface area (Å²) >= 11 is 1.63. The van der Waals surface area contributed by atoms with Crippen LogP contribution in [0.5, 0.6) is 0 Å². The third kappa shape index (κ3) is 4.68. The lowest BCUT2D eigenvalue weighted by atomic mass is 10.1. The number of amides is 2. The summed E-state index contributed by atoms with van der Waals surface area (Å²) < 4.78 is 13.0. The fraction of sp³-hybridized carbons (Fsp3) is 0.368. The molecule has 1 aliphatic rings. The molecule has 1 unspecified atom stereocenters. The second-order valence-electron chi connectivity index (χ2n) is 6.38. The highest BCUT2D eigenvalue weighted by atomic mass is 32.1. The monoisotopic (exact) mass is 375 g/mol. The quantitative estimate of drug-likeness (QED) is 0.874. The van der Waals surface area contributed by atoms with Gasteiger partial charge in [-0.3, -0.25) is 14.5 Å². The summed E-state index contributed by atoms with van der Waals surface area (Å²) in [4.78, 5) is 29.6. The number of hydrogen-bond donors (Lipinski definition) is 1. The fourth-order valence-corrected chi connectivity index (χ4v) is 3.72. The molecule has 1 N–H and O–H groups in total. The maximum absolute atomic E-state index is 13.0. The molecule has 3 rings (SSSR count). The van der Waals surface area contributed by atoms with Gasteiger partial charge in [-0.05, 0) is 42.6 Å². The topological polar surface area (TPSA) is 52.7 Å². The van der Waals surface area contributed by atoms with Gasteiger partial charge in [0.1, 0.15) is 5.82 Å². The summed E-state index contributed by atoms with van der Waals surface area (Å²) in [5.74, 6) is -0.459. The molecule has 0 radical (unpaired) electrons. The van der Waals surface area contributed by atoms with Crippen molar-refractivity contribution in [1.82, 2.24) is 15.1 Å². The first-order chi connectivity index (χ1) is 12.5. The number of halogens is 1. The molecule has 2 aromatic rings. The Hall–Kier alpha value is -2.25. The van der Waals surface area contributed by atoms with Crippen LogP contribution in [0.3, 0.4) is 0 Å². The van der Waals surface area contributed by atoms with Crippen molar-refractivity contribution in [1.29, 1.82) is 0 Å². The van der Waals surface area contributed by atoms with Gasteiger partial charge in [0.05, 0.1) is 12.6 Å². The molecule has 0 saturated carbocycles. The first-order valence-electron chi connectivity index (χ1n) is 8.63. The molecule has 1 aliphatic heterocycles. The lowest BCUT2D eigenvalue weighted by Crippen LogP contribution is -2.51. The fourth-order valence-electron chi connectivity index (χ4n) is 2.98. The highest BCUT2D eigenvalue weighted by Crippen LogP contribution is 2.18. The van der Waals surface area contributed by atoms with Gasteiger partial charge in [0.2, 0.25) is 5.91 Å². The molecule has 26 heavy (non-hydrogen) atoms. The van der Waals surface area contributed by atoms with E-state index >= 15 is 0 Å². The van der Waals surface area contributed by atoms with E-state index in [4.69, 9.17) is 0 Å². The van der Waals surface area contributed by atoms with Crippen LogP contribution in [0.4, 0.5) is 4.39 Å². The average molecular weight is 375 g/mol. The predicted molar refractivity (Wildman–Crippen MR) is 99.6 cm³/mol. The molecule has 2 amide bonds. The Bertz CT molecular complexity index is 741. The van der Waals surface area contributed by atoms with E-state index in [9.17, 15) is 14.0 Å². The van der Waals surface area contributed by atoms with Crippen LogP contribution in [0.2, 0.25) is 0 Å². The van der Waals surface area contributed by atoms with Gasteiger partial charge in [-0.15, -0.1) is 11.3 Å².